The molecule has 0 aromatic heterocycles. The van der Waals surface area contributed by atoms with Crippen LogP contribution in [0.4, 0.5) is 0 Å². The molecule has 0 radical (unpaired) electrons. The molecule has 0 saturated carbocycles. The number of benzene rings is 3. The van der Waals surface area contributed by atoms with Gasteiger partial charge in [-0.3, -0.25) is 0 Å². The second-order valence-corrected chi connectivity index (χ2v) is 7.82. The monoisotopic (exact) mass is 460 g/mol. The molecule has 3 aromatic carbocycles. The summed E-state index contributed by atoms with van der Waals surface area (Å²) in [6.45, 7) is 1.54. The van der Waals surface area contributed by atoms with E-state index in [4.69, 9.17) is 18.9 Å². The molecular weight excluding hydrogens is 436 g/mol. The van der Waals surface area contributed by atoms with Gasteiger partial charge < -0.3 is 18.9 Å². The van der Waals surface area contributed by atoms with Crippen LogP contribution in [0.2, 0.25) is 0 Å². The average Bonchev–Trinajstić information content (AvgIpc) is 3.17. The van der Waals surface area contributed by atoms with Gasteiger partial charge >= 0.3 is 17.9 Å². The summed E-state index contributed by atoms with van der Waals surface area (Å²) in [6.07, 6.45) is -3.27. The van der Waals surface area contributed by atoms with Crippen molar-refractivity contribution in [2.75, 3.05) is 6.61 Å². The number of carbonyl (C=O) groups excluding carboxylic acids is 3. The highest BCUT2D eigenvalue weighted by atomic mass is 16.6. The van der Waals surface area contributed by atoms with Gasteiger partial charge in [-0.1, -0.05) is 54.6 Å². The molecule has 0 bridgehead atoms. The molecule has 0 aliphatic carbocycles. The van der Waals surface area contributed by atoms with Gasteiger partial charge in [0.2, 0.25) is 0 Å². The van der Waals surface area contributed by atoms with E-state index in [0.29, 0.717) is 16.7 Å². The van der Waals surface area contributed by atoms with E-state index in [-0.39, 0.29) is 6.61 Å². The third-order valence-electron chi connectivity index (χ3n) is 5.44. The molecular formula is C27H24O7. The van der Waals surface area contributed by atoms with E-state index in [2.05, 4.69) is 0 Å². The fourth-order valence-electron chi connectivity index (χ4n) is 3.70. The van der Waals surface area contributed by atoms with E-state index in [1.54, 1.807) is 97.9 Å². The molecule has 34 heavy (non-hydrogen) atoms. The van der Waals surface area contributed by atoms with Crippen LogP contribution in [0.1, 0.15) is 38.0 Å². The first-order valence-corrected chi connectivity index (χ1v) is 10.9. The summed E-state index contributed by atoms with van der Waals surface area (Å²) in [5.74, 6) is -1.69. The molecule has 0 amide bonds. The van der Waals surface area contributed by atoms with E-state index >= 15 is 0 Å². The lowest BCUT2D eigenvalue weighted by Crippen LogP contribution is -2.41. The Hall–Kier alpha value is -3.97. The second kappa shape index (κ2) is 10.8. The maximum absolute atomic E-state index is 12.8. The topological polar surface area (TPSA) is 88.1 Å². The van der Waals surface area contributed by atoms with Crippen LogP contribution in [0.15, 0.2) is 91.0 Å². The van der Waals surface area contributed by atoms with Crippen molar-refractivity contribution in [1.29, 1.82) is 0 Å². The van der Waals surface area contributed by atoms with Gasteiger partial charge in [0.15, 0.2) is 12.2 Å². The molecule has 0 N–H and O–H groups in total. The average molecular weight is 460 g/mol. The minimum Gasteiger partial charge on any atom is -0.459 e. The molecule has 1 aliphatic heterocycles. The van der Waals surface area contributed by atoms with Gasteiger partial charge in [0.05, 0.1) is 22.8 Å². The Morgan fingerprint density at radius 2 is 1.06 bits per heavy atom. The van der Waals surface area contributed by atoms with Gasteiger partial charge in [0, 0.05) is 0 Å². The molecule has 4 atom stereocenters. The Morgan fingerprint density at radius 1 is 0.647 bits per heavy atom. The van der Waals surface area contributed by atoms with Crippen molar-refractivity contribution in [2.45, 2.75) is 31.3 Å². The minimum atomic E-state index is -0.973. The van der Waals surface area contributed by atoms with Crippen molar-refractivity contribution in [3.8, 4) is 0 Å². The quantitative estimate of drug-likeness (QED) is 0.388. The summed E-state index contributed by atoms with van der Waals surface area (Å²) in [7, 11) is 0. The maximum Gasteiger partial charge on any atom is 0.338 e. The van der Waals surface area contributed by atoms with Gasteiger partial charge in [-0.25, -0.2) is 14.4 Å². The lowest BCUT2D eigenvalue weighted by atomic mass is 10.1. The largest absolute Gasteiger partial charge is 0.459 e. The highest BCUT2D eigenvalue weighted by Gasteiger charge is 2.48. The molecule has 1 unspecified atom stereocenters. The fraction of sp³-hybridized carbons (Fsp3) is 0.222. The SMILES string of the molecule is C[C@H]1OC(COC(=O)c2ccccc2)[C@@H](OC(=O)c2ccccc2)[C@@H]1OC(=O)c1ccccc1. The Morgan fingerprint density at radius 3 is 1.53 bits per heavy atom. The van der Waals surface area contributed by atoms with Gasteiger partial charge in [0.1, 0.15) is 12.7 Å². The van der Waals surface area contributed by atoms with Crippen molar-refractivity contribution in [1.82, 2.24) is 0 Å². The molecule has 0 spiro atoms. The van der Waals surface area contributed by atoms with Crippen molar-refractivity contribution in [3.63, 3.8) is 0 Å². The van der Waals surface area contributed by atoms with Crippen LogP contribution in [-0.2, 0) is 18.9 Å². The zero-order valence-electron chi connectivity index (χ0n) is 18.5. The second-order valence-electron chi connectivity index (χ2n) is 7.82. The molecule has 1 aliphatic rings. The number of hydrogen-bond donors (Lipinski definition) is 0. The predicted molar refractivity (Wildman–Crippen MR) is 122 cm³/mol. The van der Waals surface area contributed by atoms with Crippen molar-refractivity contribution >= 4 is 17.9 Å². The molecule has 7 nitrogen and oxygen atoms in total. The van der Waals surface area contributed by atoms with Crippen molar-refractivity contribution in [2.24, 2.45) is 0 Å². The van der Waals surface area contributed by atoms with Gasteiger partial charge in [-0.2, -0.15) is 0 Å². The Labute approximate surface area is 197 Å². The van der Waals surface area contributed by atoms with Crippen LogP contribution >= 0.6 is 0 Å². The first-order chi connectivity index (χ1) is 16.5. The zero-order chi connectivity index (χ0) is 23.9. The summed E-state index contributed by atoms with van der Waals surface area (Å²) in [4.78, 5) is 37.9. The molecule has 1 saturated heterocycles. The first kappa shape index (κ1) is 23.2. The molecule has 174 valence electrons. The Kier molecular flexibility index (Phi) is 7.34. The van der Waals surface area contributed by atoms with Crippen LogP contribution in [0.3, 0.4) is 0 Å². The van der Waals surface area contributed by atoms with Crippen molar-refractivity contribution < 1.29 is 33.3 Å². The molecule has 4 rings (SSSR count). The van der Waals surface area contributed by atoms with Gasteiger partial charge in [-0.15, -0.1) is 0 Å². The van der Waals surface area contributed by atoms with Crippen LogP contribution in [0.25, 0.3) is 0 Å². The Balaban J connectivity index is 1.51. The molecule has 3 aromatic rings. The number of carbonyl (C=O) groups is 3. The maximum atomic E-state index is 12.8. The lowest BCUT2D eigenvalue weighted by molar-refractivity contribution is -0.0442. The number of ether oxygens (including phenoxy) is 4. The van der Waals surface area contributed by atoms with E-state index in [1.807, 2.05) is 0 Å². The molecule has 1 heterocycles. The summed E-state index contributed by atoms with van der Waals surface area (Å²) in [6, 6.07) is 25.5. The summed E-state index contributed by atoms with van der Waals surface area (Å²) in [5, 5.41) is 0. The third-order valence-corrected chi connectivity index (χ3v) is 5.44. The zero-order valence-corrected chi connectivity index (χ0v) is 18.5. The van der Waals surface area contributed by atoms with Gasteiger partial charge in [0.25, 0.3) is 0 Å². The van der Waals surface area contributed by atoms with E-state index in [0.717, 1.165) is 0 Å². The van der Waals surface area contributed by atoms with Crippen LogP contribution < -0.4 is 0 Å². The predicted octanol–water partition coefficient (Wildman–Crippen LogP) is 4.08. The number of esters is 3. The van der Waals surface area contributed by atoms with E-state index in [1.165, 1.54) is 0 Å². The summed E-state index contributed by atoms with van der Waals surface area (Å²) < 4.78 is 22.8. The van der Waals surface area contributed by atoms with Crippen molar-refractivity contribution in [3.05, 3.63) is 108 Å². The highest BCUT2D eigenvalue weighted by Crippen LogP contribution is 2.29. The summed E-state index contributed by atoms with van der Waals surface area (Å²) in [5.41, 5.74) is 1.09. The highest BCUT2D eigenvalue weighted by molar-refractivity contribution is 5.91. The van der Waals surface area contributed by atoms with Gasteiger partial charge in [-0.05, 0) is 43.3 Å². The molecule has 7 heteroatoms. The lowest BCUT2D eigenvalue weighted by Gasteiger charge is -2.24. The van der Waals surface area contributed by atoms with E-state index < -0.39 is 42.3 Å². The summed E-state index contributed by atoms with van der Waals surface area (Å²) >= 11 is 0. The molecule has 1 fully saturated rings. The van der Waals surface area contributed by atoms with E-state index in [9.17, 15) is 14.4 Å². The standard InChI is InChI=1S/C27H24O7/c1-18-23(33-26(29)20-13-7-3-8-14-20)24(34-27(30)21-15-9-4-10-16-21)22(32-18)17-31-25(28)19-11-5-2-6-12-19/h2-16,18,22-24H,17H2,1H3/t18-,22?,23-,24-/m1/s1. The number of rotatable bonds is 7. The number of hydrogen-bond acceptors (Lipinski definition) is 7. The Bertz CT molecular complexity index is 1120. The smallest absolute Gasteiger partial charge is 0.338 e. The third kappa shape index (κ3) is 5.50. The van der Waals surface area contributed by atoms with Crippen LogP contribution in [-0.4, -0.2) is 48.9 Å². The first-order valence-electron chi connectivity index (χ1n) is 10.9. The van der Waals surface area contributed by atoms with Crippen LogP contribution in [0, 0.1) is 0 Å². The normalized spacial score (nSPS) is 21.4. The minimum absolute atomic E-state index is 0.176. The fourth-order valence-corrected chi connectivity index (χ4v) is 3.70. The van der Waals surface area contributed by atoms with Crippen LogP contribution in [0.5, 0.6) is 0 Å².